The van der Waals surface area contributed by atoms with E-state index in [0.717, 1.165) is 50.0 Å². The third kappa shape index (κ3) is 5.40. The van der Waals surface area contributed by atoms with E-state index in [1.807, 2.05) is 0 Å². The van der Waals surface area contributed by atoms with E-state index in [-0.39, 0.29) is 12.3 Å². The maximum Gasteiger partial charge on any atom is 0.158 e. The first-order chi connectivity index (χ1) is 11.8. The van der Waals surface area contributed by atoms with Crippen LogP contribution in [-0.2, 0) is 21.8 Å². The molecule has 1 aromatic carbocycles. The summed E-state index contributed by atoms with van der Waals surface area (Å²) >= 11 is 5.82. The Labute approximate surface area is 148 Å². The lowest BCUT2D eigenvalue weighted by Gasteiger charge is -2.23. The lowest BCUT2D eigenvalue weighted by Crippen LogP contribution is -2.23. The second-order valence-electron chi connectivity index (χ2n) is 6.40. The zero-order valence-electron chi connectivity index (χ0n) is 14.0. The molecule has 0 spiro atoms. The van der Waals surface area contributed by atoms with Crippen molar-refractivity contribution in [3.05, 3.63) is 47.2 Å². The highest BCUT2D eigenvalue weighted by molar-refractivity contribution is 6.17. The van der Waals surface area contributed by atoms with Crippen molar-refractivity contribution in [2.75, 3.05) is 13.2 Å². The highest BCUT2D eigenvalue weighted by Crippen LogP contribution is 2.20. The smallest absolute Gasteiger partial charge is 0.158 e. The molecule has 2 atom stereocenters. The molecule has 0 N–H and O–H groups in total. The van der Waals surface area contributed by atoms with E-state index in [1.54, 1.807) is 0 Å². The fraction of sp³-hybridized carbons (Fsp3) is 0.579. The number of hydrogen-bond acceptors (Lipinski definition) is 4. The van der Waals surface area contributed by atoms with Gasteiger partial charge in [-0.3, -0.25) is 0 Å². The van der Waals surface area contributed by atoms with Crippen molar-refractivity contribution in [3.63, 3.8) is 0 Å². The Hall–Kier alpha value is -1.23. The van der Waals surface area contributed by atoms with Crippen molar-refractivity contribution in [1.29, 1.82) is 0 Å². The summed E-state index contributed by atoms with van der Waals surface area (Å²) < 4.78 is 11.3. The van der Waals surface area contributed by atoms with Crippen LogP contribution in [0.2, 0.25) is 0 Å². The number of halogens is 1. The van der Waals surface area contributed by atoms with Gasteiger partial charge in [0.1, 0.15) is 0 Å². The van der Waals surface area contributed by atoms with Gasteiger partial charge < -0.3 is 9.47 Å². The number of hydrogen-bond donors (Lipinski definition) is 0. The molecule has 0 amide bonds. The Kier molecular flexibility index (Phi) is 6.82. The van der Waals surface area contributed by atoms with Gasteiger partial charge in [0.2, 0.25) is 0 Å². The summed E-state index contributed by atoms with van der Waals surface area (Å²) in [5.41, 5.74) is 3.41. The van der Waals surface area contributed by atoms with Crippen LogP contribution in [0.25, 0.3) is 0 Å². The van der Waals surface area contributed by atoms with Crippen LogP contribution in [0.3, 0.4) is 0 Å². The first-order valence-electron chi connectivity index (χ1n) is 8.80. The third-order valence-corrected chi connectivity index (χ3v) is 4.78. The van der Waals surface area contributed by atoms with E-state index in [2.05, 4.69) is 40.6 Å². The standard InChI is InChI=1S/C19H25ClN2O2/c20-13-16-6-4-15(5-7-16)8-9-17-10-11-18(22-21-17)14-24-19-3-1-2-12-23-19/h4-7,11,17,19H,1-3,8-10,12-14H2. The van der Waals surface area contributed by atoms with Crippen LogP contribution in [0.15, 0.2) is 46.3 Å². The van der Waals surface area contributed by atoms with Crippen molar-refractivity contribution in [2.45, 2.75) is 56.7 Å². The second kappa shape index (κ2) is 9.30. The highest BCUT2D eigenvalue weighted by atomic mass is 35.5. The van der Waals surface area contributed by atoms with Gasteiger partial charge in [-0.05, 0) is 49.7 Å². The molecule has 0 saturated carbocycles. The van der Waals surface area contributed by atoms with E-state index in [9.17, 15) is 0 Å². The lowest BCUT2D eigenvalue weighted by atomic mass is 10.0. The summed E-state index contributed by atoms with van der Waals surface area (Å²) in [6.07, 6.45) is 8.35. The normalized spacial score (nSPS) is 24.0. The summed E-state index contributed by atoms with van der Waals surface area (Å²) in [5, 5.41) is 8.76. The van der Waals surface area contributed by atoms with Gasteiger partial charge in [-0.2, -0.15) is 10.2 Å². The first kappa shape index (κ1) is 17.6. The molecule has 0 radical (unpaired) electrons. The molecule has 3 rings (SSSR count). The molecule has 4 nitrogen and oxygen atoms in total. The molecule has 2 unspecified atom stereocenters. The van der Waals surface area contributed by atoms with Crippen molar-refractivity contribution in [1.82, 2.24) is 0 Å². The fourth-order valence-corrected chi connectivity index (χ4v) is 3.11. The maximum atomic E-state index is 5.82. The molecule has 2 aliphatic rings. The van der Waals surface area contributed by atoms with Crippen LogP contribution < -0.4 is 0 Å². The average molecular weight is 349 g/mol. The van der Waals surface area contributed by atoms with Crippen LogP contribution in [0.5, 0.6) is 0 Å². The molecule has 24 heavy (non-hydrogen) atoms. The van der Waals surface area contributed by atoms with Crippen LogP contribution in [0, 0.1) is 0 Å². The topological polar surface area (TPSA) is 43.2 Å². The van der Waals surface area contributed by atoms with Crippen molar-refractivity contribution in [3.8, 4) is 0 Å². The van der Waals surface area contributed by atoms with Gasteiger partial charge in [-0.25, -0.2) is 0 Å². The summed E-state index contributed by atoms with van der Waals surface area (Å²) in [5.74, 6) is 0.568. The van der Waals surface area contributed by atoms with Gasteiger partial charge in [0.05, 0.1) is 18.3 Å². The number of nitrogens with zero attached hydrogens (tertiary/aromatic N) is 2. The van der Waals surface area contributed by atoms with Crippen LogP contribution in [0.1, 0.15) is 43.2 Å². The Morgan fingerprint density at radius 2 is 2.00 bits per heavy atom. The molecule has 0 aliphatic carbocycles. The summed E-state index contributed by atoms with van der Waals surface area (Å²) in [7, 11) is 0. The van der Waals surface area contributed by atoms with Gasteiger partial charge in [0.25, 0.3) is 0 Å². The predicted molar refractivity (Wildman–Crippen MR) is 95.2 cm³/mol. The Bertz CT molecular complexity index is 565. The Balaban J connectivity index is 1.37. The second-order valence-corrected chi connectivity index (χ2v) is 6.66. The highest BCUT2D eigenvalue weighted by Gasteiger charge is 2.16. The molecule has 2 heterocycles. The minimum atomic E-state index is -0.0662. The Morgan fingerprint density at radius 1 is 1.17 bits per heavy atom. The van der Waals surface area contributed by atoms with Crippen molar-refractivity contribution < 1.29 is 9.47 Å². The van der Waals surface area contributed by atoms with Crippen LogP contribution >= 0.6 is 11.6 Å². The minimum Gasteiger partial charge on any atom is -0.353 e. The molecule has 0 bridgehead atoms. The predicted octanol–water partition coefficient (Wildman–Crippen LogP) is 5.01. The summed E-state index contributed by atoms with van der Waals surface area (Å²) in [6.45, 7) is 1.31. The molecular formula is C19H25ClN2O2. The number of ether oxygens (including phenoxy) is 2. The number of azo groups is 1. The van der Waals surface area contributed by atoms with Gasteiger partial charge in [0, 0.05) is 12.5 Å². The number of benzene rings is 1. The average Bonchev–Trinajstić information content (AvgIpc) is 2.67. The van der Waals surface area contributed by atoms with Gasteiger partial charge in [-0.1, -0.05) is 30.3 Å². The Morgan fingerprint density at radius 3 is 2.67 bits per heavy atom. The maximum absolute atomic E-state index is 5.82. The molecule has 1 saturated heterocycles. The molecule has 5 heteroatoms. The molecule has 1 aromatic rings. The minimum absolute atomic E-state index is 0.0662. The lowest BCUT2D eigenvalue weighted by molar-refractivity contribution is -0.157. The molecule has 1 fully saturated rings. The van der Waals surface area contributed by atoms with E-state index in [0.29, 0.717) is 12.5 Å². The van der Waals surface area contributed by atoms with Gasteiger partial charge in [-0.15, -0.1) is 11.6 Å². The fourth-order valence-electron chi connectivity index (χ4n) is 2.93. The van der Waals surface area contributed by atoms with Gasteiger partial charge >= 0.3 is 0 Å². The van der Waals surface area contributed by atoms with Crippen LogP contribution in [0.4, 0.5) is 0 Å². The molecule has 0 aromatic heterocycles. The number of aryl methyl sites for hydroxylation is 1. The van der Waals surface area contributed by atoms with E-state index in [4.69, 9.17) is 21.1 Å². The zero-order chi connectivity index (χ0) is 16.6. The summed E-state index contributed by atoms with van der Waals surface area (Å²) in [6, 6.07) is 8.75. The van der Waals surface area contributed by atoms with Crippen molar-refractivity contribution >= 4 is 11.6 Å². The van der Waals surface area contributed by atoms with E-state index in [1.165, 1.54) is 12.0 Å². The largest absolute Gasteiger partial charge is 0.353 e. The van der Waals surface area contributed by atoms with Crippen LogP contribution in [-0.4, -0.2) is 25.5 Å². The molecular weight excluding hydrogens is 324 g/mol. The third-order valence-electron chi connectivity index (χ3n) is 4.47. The SMILES string of the molecule is ClCc1ccc(CCC2CC=C(COC3CCCCO3)N=N2)cc1. The van der Waals surface area contributed by atoms with Gasteiger partial charge in [0.15, 0.2) is 6.29 Å². The zero-order valence-corrected chi connectivity index (χ0v) is 14.8. The molecule has 130 valence electrons. The number of alkyl halides is 1. The molecule has 2 aliphatic heterocycles. The van der Waals surface area contributed by atoms with Crippen molar-refractivity contribution in [2.24, 2.45) is 10.2 Å². The van der Waals surface area contributed by atoms with E-state index >= 15 is 0 Å². The summed E-state index contributed by atoms with van der Waals surface area (Å²) in [4.78, 5) is 0. The number of rotatable bonds is 7. The quantitative estimate of drug-likeness (QED) is 0.650. The van der Waals surface area contributed by atoms with E-state index < -0.39 is 0 Å². The first-order valence-corrected chi connectivity index (χ1v) is 9.34. The monoisotopic (exact) mass is 348 g/mol.